The van der Waals surface area contributed by atoms with Crippen molar-refractivity contribution in [3.63, 3.8) is 0 Å². The van der Waals surface area contributed by atoms with Gasteiger partial charge in [0.05, 0.1) is 0 Å². The Hall–Kier alpha value is -1.44. The van der Waals surface area contributed by atoms with E-state index < -0.39 is 20.8 Å². The zero-order chi connectivity index (χ0) is 14.1. The molecule has 0 unspecified atom stereocenters. The molecule has 0 bridgehead atoms. The van der Waals surface area contributed by atoms with Crippen molar-refractivity contribution in [2.75, 3.05) is 0 Å². The maximum Gasteiger partial charge on any atom is 0.446 e. The van der Waals surface area contributed by atoms with Gasteiger partial charge in [-0.3, -0.25) is 9.11 Å². The Bertz CT molecular complexity index is 609. The number of hydrogen-bond acceptors (Lipinski definition) is 8. The SMILES string of the molecule is Cc1c(OS(=O)(=O)O)ccc(OS(=O)(=O)O)c1C.N.N. The van der Waals surface area contributed by atoms with E-state index in [1.807, 2.05) is 0 Å². The van der Waals surface area contributed by atoms with Gasteiger partial charge in [-0.1, -0.05) is 0 Å². The minimum Gasteiger partial charge on any atom is -0.362 e. The van der Waals surface area contributed by atoms with E-state index in [0.29, 0.717) is 0 Å². The first kappa shape index (κ1) is 20.9. The molecule has 0 radical (unpaired) electrons. The number of hydrogen-bond donors (Lipinski definition) is 4. The molecule has 1 aromatic rings. The summed E-state index contributed by atoms with van der Waals surface area (Å²) in [5.74, 6) is -0.365. The predicted octanol–water partition coefficient (Wildman–Crippen LogP) is 0.991. The van der Waals surface area contributed by atoms with E-state index in [9.17, 15) is 16.8 Å². The summed E-state index contributed by atoms with van der Waals surface area (Å²) in [6.07, 6.45) is 0. The quantitative estimate of drug-likeness (QED) is 0.576. The highest BCUT2D eigenvalue weighted by molar-refractivity contribution is 7.81. The summed E-state index contributed by atoms with van der Waals surface area (Å²) in [6, 6.07) is 2.16. The molecule has 0 atom stereocenters. The first-order valence-corrected chi connectivity index (χ1v) is 7.16. The van der Waals surface area contributed by atoms with Gasteiger partial charge in [0, 0.05) is 0 Å². The molecule has 0 aliphatic carbocycles. The van der Waals surface area contributed by atoms with Gasteiger partial charge in [0.2, 0.25) is 0 Å². The fraction of sp³-hybridized carbons (Fsp3) is 0.250. The van der Waals surface area contributed by atoms with Crippen molar-refractivity contribution in [3.05, 3.63) is 23.3 Å². The van der Waals surface area contributed by atoms with Crippen LogP contribution in [0.2, 0.25) is 0 Å². The highest BCUT2D eigenvalue weighted by atomic mass is 32.3. The Morgan fingerprint density at radius 1 is 0.800 bits per heavy atom. The van der Waals surface area contributed by atoms with Gasteiger partial charge in [-0.15, -0.1) is 0 Å². The van der Waals surface area contributed by atoms with Gasteiger partial charge in [0.1, 0.15) is 11.5 Å². The summed E-state index contributed by atoms with van der Waals surface area (Å²) in [6.45, 7) is 2.85. The second-order valence-electron chi connectivity index (χ2n) is 3.33. The van der Waals surface area contributed by atoms with Gasteiger partial charge >= 0.3 is 20.8 Å². The summed E-state index contributed by atoms with van der Waals surface area (Å²) in [7, 11) is -9.35. The van der Waals surface area contributed by atoms with Gasteiger partial charge in [0.15, 0.2) is 0 Å². The second-order valence-corrected chi connectivity index (χ2v) is 5.38. The van der Waals surface area contributed by atoms with Gasteiger partial charge in [0.25, 0.3) is 0 Å². The molecule has 118 valence electrons. The van der Waals surface area contributed by atoms with Crippen molar-refractivity contribution in [1.29, 1.82) is 0 Å². The molecule has 0 aliphatic rings. The van der Waals surface area contributed by atoms with Crippen LogP contribution in [0.4, 0.5) is 0 Å². The average molecular weight is 332 g/mol. The fourth-order valence-corrected chi connectivity index (χ4v) is 1.99. The van der Waals surface area contributed by atoms with E-state index in [0.717, 1.165) is 12.1 Å². The van der Waals surface area contributed by atoms with Crippen molar-refractivity contribution in [1.82, 2.24) is 12.3 Å². The van der Waals surface area contributed by atoms with Crippen molar-refractivity contribution in [2.24, 2.45) is 0 Å². The van der Waals surface area contributed by atoms with Crippen LogP contribution < -0.4 is 20.7 Å². The first-order valence-electron chi connectivity index (χ1n) is 4.43. The monoisotopic (exact) mass is 332 g/mol. The van der Waals surface area contributed by atoms with Crippen molar-refractivity contribution in [3.8, 4) is 11.5 Å². The minimum atomic E-state index is -4.67. The third-order valence-corrected chi connectivity index (χ3v) is 2.86. The van der Waals surface area contributed by atoms with Gasteiger partial charge in [-0.05, 0) is 37.1 Å². The van der Waals surface area contributed by atoms with Crippen LogP contribution in [0.15, 0.2) is 12.1 Å². The molecule has 20 heavy (non-hydrogen) atoms. The van der Waals surface area contributed by atoms with Crippen LogP contribution in [-0.4, -0.2) is 25.9 Å². The normalized spacial score (nSPS) is 11.0. The molecule has 1 aromatic carbocycles. The molecule has 0 saturated heterocycles. The smallest absolute Gasteiger partial charge is 0.362 e. The van der Waals surface area contributed by atoms with Crippen LogP contribution >= 0.6 is 0 Å². The van der Waals surface area contributed by atoms with Crippen LogP contribution in [0.5, 0.6) is 11.5 Å². The van der Waals surface area contributed by atoms with E-state index in [2.05, 4.69) is 8.37 Å². The Kier molecular flexibility index (Phi) is 7.12. The lowest BCUT2D eigenvalue weighted by atomic mass is 10.1. The molecule has 10 nitrogen and oxygen atoms in total. The first-order chi connectivity index (χ1) is 7.99. The highest BCUT2D eigenvalue weighted by Crippen LogP contribution is 2.30. The lowest BCUT2D eigenvalue weighted by molar-refractivity contribution is 0.378. The summed E-state index contributed by atoms with van der Waals surface area (Å²) in [5, 5.41) is 0. The number of rotatable bonds is 4. The molecule has 0 saturated carbocycles. The topological polar surface area (TPSA) is 197 Å². The predicted molar refractivity (Wildman–Crippen MR) is 70.3 cm³/mol. The fourth-order valence-electron chi connectivity index (χ4n) is 1.18. The van der Waals surface area contributed by atoms with Gasteiger partial charge < -0.3 is 20.7 Å². The standard InChI is InChI=1S/C8H10O8S2.2H3N/c1-5-6(2)8(16-18(12,13)14)4-3-7(5)15-17(9,10)11;;/h3-4H,1-2H3,(H,9,10,11)(H,12,13,14);2*1H3. The lowest BCUT2D eigenvalue weighted by Crippen LogP contribution is -2.10. The zero-order valence-electron chi connectivity index (χ0n) is 10.7. The summed E-state index contributed by atoms with van der Waals surface area (Å²) in [5.41, 5.74) is 0.461. The maximum absolute atomic E-state index is 10.5. The molecule has 0 amide bonds. The van der Waals surface area contributed by atoms with E-state index >= 15 is 0 Å². The zero-order valence-corrected chi connectivity index (χ0v) is 12.4. The van der Waals surface area contributed by atoms with Gasteiger partial charge in [-0.2, -0.15) is 16.8 Å². The Balaban J connectivity index is 0. The lowest BCUT2D eigenvalue weighted by Gasteiger charge is -2.11. The molecule has 0 aromatic heterocycles. The molecule has 0 aliphatic heterocycles. The highest BCUT2D eigenvalue weighted by Gasteiger charge is 2.16. The molecule has 8 N–H and O–H groups in total. The summed E-state index contributed by atoms with van der Waals surface area (Å²) >= 11 is 0. The van der Waals surface area contributed by atoms with Crippen molar-refractivity contribution < 1.29 is 34.3 Å². The Morgan fingerprint density at radius 2 is 1.05 bits per heavy atom. The van der Waals surface area contributed by atoms with E-state index in [1.165, 1.54) is 13.8 Å². The Labute approximate surface area is 116 Å². The van der Waals surface area contributed by atoms with Crippen LogP contribution in [0.25, 0.3) is 0 Å². The minimum absolute atomic E-state index is 0. The van der Waals surface area contributed by atoms with Crippen LogP contribution in [0.3, 0.4) is 0 Å². The molecular weight excluding hydrogens is 316 g/mol. The molecule has 1 rings (SSSR count). The van der Waals surface area contributed by atoms with E-state index in [-0.39, 0.29) is 34.9 Å². The molecule has 0 spiro atoms. The molecule has 12 heteroatoms. The van der Waals surface area contributed by atoms with Crippen LogP contribution in [0.1, 0.15) is 11.1 Å². The second kappa shape index (κ2) is 6.83. The van der Waals surface area contributed by atoms with Crippen LogP contribution in [0, 0.1) is 13.8 Å². The largest absolute Gasteiger partial charge is 0.446 e. The molecule has 0 fully saturated rings. The Morgan fingerprint density at radius 3 is 1.25 bits per heavy atom. The van der Waals surface area contributed by atoms with Crippen molar-refractivity contribution >= 4 is 20.8 Å². The summed E-state index contributed by atoms with van der Waals surface area (Å²) < 4.78 is 67.7. The molecular formula is C8H16N2O8S2. The van der Waals surface area contributed by atoms with Gasteiger partial charge in [-0.25, -0.2) is 0 Å². The molecule has 0 heterocycles. The van der Waals surface area contributed by atoms with E-state index in [1.54, 1.807) is 0 Å². The number of benzene rings is 1. The maximum atomic E-state index is 10.5. The third kappa shape index (κ3) is 6.14. The summed E-state index contributed by atoms with van der Waals surface area (Å²) in [4.78, 5) is 0. The van der Waals surface area contributed by atoms with Crippen LogP contribution in [-0.2, 0) is 20.8 Å². The average Bonchev–Trinajstić information content (AvgIpc) is 2.14. The third-order valence-electron chi connectivity index (χ3n) is 2.08. The van der Waals surface area contributed by atoms with Crippen molar-refractivity contribution in [2.45, 2.75) is 13.8 Å². The van der Waals surface area contributed by atoms with E-state index in [4.69, 9.17) is 9.11 Å².